The molecule has 0 atom stereocenters. The average molecular weight is 133 g/mol. The fourth-order valence-corrected chi connectivity index (χ4v) is 1.24. The lowest BCUT2D eigenvalue weighted by Crippen LogP contribution is -1.80. The summed E-state index contributed by atoms with van der Waals surface area (Å²) >= 11 is 0. The molecule has 0 aliphatic carbocycles. The van der Waals surface area contributed by atoms with Crippen molar-refractivity contribution in [1.82, 2.24) is 4.98 Å². The average Bonchev–Trinajstić information content (AvgIpc) is 2.42. The van der Waals surface area contributed by atoms with E-state index in [-0.39, 0.29) is 5.43 Å². The summed E-state index contributed by atoms with van der Waals surface area (Å²) in [6.07, 6.45) is 0. The molecule has 2 rings (SSSR count). The fourth-order valence-electron chi connectivity index (χ4n) is 1.24. The molecule has 2 nitrogen and oxygen atoms in total. The van der Waals surface area contributed by atoms with E-state index in [1.165, 1.54) is 0 Å². The van der Waals surface area contributed by atoms with Gasteiger partial charge in [0.1, 0.15) is 0 Å². The molecule has 50 valence electrons. The van der Waals surface area contributed by atoms with Crippen molar-refractivity contribution >= 4 is 10.8 Å². The third-order valence-electron chi connectivity index (χ3n) is 1.74. The molecule has 2 heteroatoms. The Balaban J connectivity index is 2.91. The molecule has 0 saturated heterocycles. The summed E-state index contributed by atoms with van der Waals surface area (Å²) in [7, 11) is 0. The Bertz CT molecular complexity index is 407. The van der Waals surface area contributed by atoms with E-state index in [0.29, 0.717) is 0 Å². The van der Waals surface area contributed by atoms with E-state index in [2.05, 4.69) is 4.98 Å². The first-order valence-electron chi connectivity index (χ1n) is 3.23. The van der Waals surface area contributed by atoms with Gasteiger partial charge in [0.15, 0.2) is 5.43 Å². The van der Waals surface area contributed by atoms with E-state index in [0.717, 1.165) is 22.2 Å². The summed E-state index contributed by atoms with van der Waals surface area (Å²) in [6.45, 7) is 3.77. The van der Waals surface area contributed by atoms with E-state index in [4.69, 9.17) is 0 Å². The van der Waals surface area contributed by atoms with Crippen LogP contribution in [0, 0.1) is 13.8 Å². The van der Waals surface area contributed by atoms with Gasteiger partial charge in [-0.1, -0.05) is 0 Å². The number of hydrogen-bond donors (Lipinski definition) is 0. The van der Waals surface area contributed by atoms with Crippen LogP contribution in [0.2, 0.25) is 0 Å². The minimum atomic E-state index is 0.179. The second-order valence-electron chi connectivity index (χ2n) is 2.60. The summed E-state index contributed by atoms with van der Waals surface area (Å²) in [5.41, 5.74) is 1.99. The maximum Gasteiger partial charge on any atom is 0.196 e. The second-order valence-corrected chi connectivity index (χ2v) is 2.60. The number of aromatic nitrogens is 1. The predicted molar refractivity (Wildman–Crippen MR) is 39.9 cm³/mol. The highest BCUT2D eigenvalue weighted by Crippen LogP contribution is 2.17. The molecule has 0 amide bonds. The molecule has 0 radical (unpaired) electrons. The Morgan fingerprint density at radius 3 is 2.70 bits per heavy atom. The predicted octanol–water partition coefficient (Wildman–Crippen LogP) is 1.09. The number of rotatable bonds is 0. The zero-order valence-electron chi connectivity index (χ0n) is 5.93. The van der Waals surface area contributed by atoms with Gasteiger partial charge in [-0.25, -0.2) is 0 Å². The van der Waals surface area contributed by atoms with Crippen molar-refractivity contribution in [3.8, 4) is 0 Å². The third-order valence-corrected chi connectivity index (χ3v) is 1.74. The molecule has 1 aromatic heterocycles. The zero-order valence-corrected chi connectivity index (χ0v) is 5.93. The highest BCUT2D eigenvalue weighted by Gasteiger charge is 2.15. The molecule has 1 heterocycles. The van der Waals surface area contributed by atoms with Crippen LogP contribution in [-0.4, -0.2) is 4.98 Å². The SMILES string of the molecule is Cc1cc2c(=O)c2c(C)n1. The van der Waals surface area contributed by atoms with Gasteiger partial charge in [-0.3, -0.25) is 9.78 Å². The summed E-state index contributed by atoms with van der Waals surface area (Å²) in [4.78, 5) is 15.0. The Hall–Kier alpha value is -1.18. The van der Waals surface area contributed by atoms with Crippen molar-refractivity contribution in [1.29, 1.82) is 0 Å². The van der Waals surface area contributed by atoms with Gasteiger partial charge in [0.25, 0.3) is 0 Å². The lowest BCUT2D eigenvalue weighted by atomic mass is 10.3. The molecule has 0 N–H and O–H groups in total. The highest BCUT2D eigenvalue weighted by atomic mass is 16.1. The number of fused-ring (bicyclic) bond motifs is 1. The normalized spacial score (nSPS) is 11.4. The monoisotopic (exact) mass is 133 g/mol. The molecule has 2 aromatic rings. The first-order valence-corrected chi connectivity index (χ1v) is 3.23. The molecule has 0 aliphatic rings. The Morgan fingerprint density at radius 1 is 1.40 bits per heavy atom. The van der Waals surface area contributed by atoms with Gasteiger partial charge < -0.3 is 0 Å². The van der Waals surface area contributed by atoms with Crippen LogP contribution >= 0.6 is 0 Å². The smallest absolute Gasteiger partial charge is 0.196 e. The summed E-state index contributed by atoms with van der Waals surface area (Å²) in [5.74, 6) is 0. The largest absolute Gasteiger partial charge is 0.288 e. The molecular weight excluding hydrogens is 126 g/mol. The minimum absolute atomic E-state index is 0.179. The Kier molecular flexibility index (Phi) is 0.813. The summed E-state index contributed by atoms with van der Waals surface area (Å²) in [5, 5.41) is 1.70. The maximum atomic E-state index is 10.9. The maximum absolute atomic E-state index is 10.9. The van der Waals surface area contributed by atoms with Gasteiger partial charge >= 0.3 is 0 Å². The molecule has 1 aromatic carbocycles. The molecule has 0 unspecified atom stereocenters. The number of nitrogens with zero attached hydrogens (tertiary/aromatic N) is 1. The summed E-state index contributed by atoms with van der Waals surface area (Å²) < 4.78 is 0. The number of aryl methyl sites for hydroxylation is 2. The van der Waals surface area contributed by atoms with E-state index in [9.17, 15) is 4.79 Å². The third kappa shape index (κ3) is 0.533. The van der Waals surface area contributed by atoms with Crippen molar-refractivity contribution in [3.63, 3.8) is 0 Å². The molecule has 0 saturated carbocycles. The van der Waals surface area contributed by atoms with Crippen molar-refractivity contribution in [2.75, 3.05) is 0 Å². The molecule has 0 spiro atoms. The van der Waals surface area contributed by atoms with Gasteiger partial charge in [0, 0.05) is 16.8 Å². The lowest BCUT2D eigenvalue weighted by Gasteiger charge is -1.88. The standard InChI is InChI=1S/C8H7NO/c1-4-3-6-7(8(6)10)5(2)9-4/h3H,1-2H3. The topological polar surface area (TPSA) is 30.0 Å². The van der Waals surface area contributed by atoms with Crippen LogP contribution in [0.15, 0.2) is 10.9 Å². The lowest BCUT2D eigenvalue weighted by molar-refractivity contribution is 1.16. The van der Waals surface area contributed by atoms with E-state index in [1.807, 2.05) is 19.9 Å². The van der Waals surface area contributed by atoms with Gasteiger partial charge in [-0.05, 0) is 19.9 Å². The van der Waals surface area contributed by atoms with E-state index < -0.39 is 0 Å². The first-order chi connectivity index (χ1) is 4.70. The molecular formula is C8H7NO. The fraction of sp³-hybridized carbons (Fsp3) is 0.250. The van der Waals surface area contributed by atoms with E-state index >= 15 is 0 Å². The van der Waals surface area contributed by atoms with Crippen LogP contribution in [0.25, 0.3) is 10.8 Å². The van der Waals surface area contributed by atoms with Crippen LogP contribution in [0.5, 0.6) is 0 Å². The number of pyridine rings is 1. The van der Waals surface area contributed by atoms with E-state index in [1.54, 1.807) is 0 Å². The number of hydrogen-bond acceptors (Lipinski definition) is 2. The zero-order chi connectivity index (χ0) is 7.30. The van der Waals surface area contributed by atoms with Crippen LogP contribution in [0.4, 0.5) is 0 Å². The molecule has 0 aliphatic heterocycles. The van der Waals surface area contributed by atoms with Crippen molar-refractivity contribution in [3.05, 3.63) is 27.7 Å². The van der Waals surface area contributed by atoms with Crippen LogP contribution in [0.3, 0.4) is 0 Å². The van der Waals surface area contributed by atoms with Gasteiger partial charge in [0.2, 0.25) is 0 Å². The molecule has 0 bridgehead atoms. The quantitative estimate of drug-likeness (QED) is 0.538. The van der Waals surface area contributed by atoms with Gasteiger partial charge in [-0.15, -0.1) is 0 Å². The van der Waals surface area contributed by atoms with Crippen molar-refractivity contribution < 1.29 is 0 Å². The Labute approximate surface area is 58.2 Å². The first kappa shape index (κ1) is 5.59. The van der Waals surface area contributed by atoms with Crippen LogP contribution in [-0.2, 0) is 0 Å². The van der Waals surface area contributed by atoms with Crippen molar-refractivity contribution in [2.45, 2.75) is 13.8 Å². The minimum Gasteiger partial charge on any atom is -0.288 e. The second kappa shape index (κ2) is 1.45. The van der Waals surface area contributed by atoms with Crippen molar-refractivity contribution in [2.24, 2.45) is 0 Å². The molecule has 10 heavy (non-hydrogen) atoms. The van der Waals surface area contributed by atoms with Gasteiger partial charge in [-0.2, -0.15) is 0 Å². The van der Waals surface area contributed by atoms with Gasteiger partial charge in [0.05, 0.1) is 5.39 Å². The van der Waals surface area contributed by atoms with Crippen LogP contribution in [0.1, 0.15) is 11.4 Å². The summed E-state index contributed by atoms with van der Waals surface area (Å²) in [6, 6.07) is 1.84. The highest BCUT2D eigenvalue weighted by molar-refractivity contribution is 5.99. The Morgan fingerprint density at radius 2 is 2.10 bits per heavy atom. The molecule has 0 fully saturated rings. The van der Waals surface area contributed by atoms with Crippen LogP contribution < -0.4 is 5.43 Å².